The minimum atomic E-state index is 0.694. The summed E-state index contributed by atoms with van der Waals surface area (Å²) in [7, 11) is 0. The Bertz CT molecular complexity index is 749. The monoisotopic (exact) mass is 411 g/mol. The third-order valence-corrected chi connectivity index (χ3v) is 5.59. The molecule has 164 valence electrons. The van der Waals surface area contributed by atoms with Crippen molar-refractivity contribution in [3.63, 3.8) is 0 Å². The minimum absolute atomic E-state index is 0.694. The molecule has 2 N–H and O–H groups in total. The van der Waals surface area contributed by atoms with Crippen LogP contribution in [0.15, 0.2) is 47.7 Å². The van der Waals surface area contributed by atoms with E-state index in [-0.39, 0.29) is 0 Å². The zero-order valence-corrected chi connectivity index (χ0v) is 18.6. The predicted molar refractivity (Wildman–Crippen MR) is 123 cm³/mol. The number of hydrogen-bond donors (Lipinski definition) is 2. The van der Waals surface area contributed by atoms with Crippen LogP contribution in [0.4, 0.5) is 0 Å². The Hall–Kier alpha value is -2.38. The summed E-state index contributed by atoms with van der Waals surface area (Å²) in [5.41, 5.74) is 2.70. The summed E-state index contributed by atoms with van der Waals surface area (Å²) in [6.07, 6.45) is 4.82. The molecule has 1 aliphatic rings. The van der Waals surface area contributed by atoms with Gasteiger partial charge in [-0.25, -0.2) is 4.99 Å². The average Bonchev–Trinajstić information content (AvgIpc) is 3.30. The number of nitrogens with zero attached hydrogens (tertiary/aromatic N) is 5. The Morgan fingerprint density at radius 3 is 2.47 bits per heavy atom. The van der Waals surface area contributed by atoms with Crippen molar-refractivity contribution in [2.24, 2.45) is 4.99 Å². The van der Waals surface area contributed by atoms with Crippen LogP contribution in [0.1, 0.15) is 31.4 Å². The highest BCUT2D eigenvalue weighted by Crippen LogP contribution is 2.14. The van der Waals surface area contributed by atoms with Crippen LogP contribution in [0, 0.1) is 0 Å². The fourth-order valence-electron chi connectivity index (χ4n) is 3.76. The Morgan fingerprint density at radius 2 is 1.77 bits per heavy atom. The van der Waals surface area contributed by atoms with Crippen molar-refractivity contribution < 1.29 is 0 Å². The summed E-state index contributed by atoms with van der Waals surface area (Å²) in [5.74, 6) is 0.879. The summed E-state index contributed by atoms with van der Waals surface area (Å²) in [4.78, 5) is 9.93. The lowest BCUT2D eigenvalue weighted by atomic mass is 10.1. The number of benzene rings is 1. The number of aromatic nitrogens is 2. The summed E-state index contributed by atoms with van der Waals surface area (Å²) in [6, 6.07) is 10.7. The van der Waals surface area contributed by atoms with E-state index in [4.69, 9.17) is 4.99 Å². The third kappa shape index (κ3) is 7.15. The van der Waals surface area contributed by atoms with E-state index >= 15 is 0 Å². The summed E-state index contributed by atoms with van der Waals surface area (Å²) < 4.78 is 1.96. The maximum absolute atomic E-state index is 4.84. The molecule has 1 saturated heterocycles. The van der Waals surface area contributed by atoms with Crippen LogP contribution in [0.5, 0.6) is 0 Å². The van der Waals surface area contributed by atoms with Gasteiger partial charge in [-0.15, -0.1) is 0 Å². The van der Waals surface area contributed by atoms with Crippen molar-refractivity contribution in [1.82, 2.24) is 30.2 Å². The number of guanidine groups is 1. The van der Waals surface area contributed by atoms with E-state index in [1.54, 1.807) is 0 Å². The van der Waals surface area contributed by atoms with Gasteiger partial charge >= 0.3 is 0 Å². The molecule has 3 rings (SSSR count). The molecule has 7 heteroatoms. The minimum Gasteiger partial charge on any atom is -0.357 e. The molecule has 0 amide bonds. The van der Waals surface area contributed by atoms with Crippen LogP contribution in [-0.2, 0) is 19.6 Å². The van der Waals surface area contributed by atoms with Gasteiger partial charge < -0.3 is 15.5 Å². The van der Waals surface area contributed by atoms with Gasteiger partial charge in [0, 0.05) is 64.8 Å². The number of likely N-dealkylation sites (N-methyl/N-ethyl adjacent to an activating group) is 1. The van der Waals surface area contributed by atoms with Crippen molar-refractivity contribution >= 4 is 5.96 Å². The number of aryl methyl sites for hydroxylation is 1. The molecule has 2 aromatic rings. The smallest absolute Gasteiger partial charge is 0.191 e. The molecule has 0 unspecified atom stereocenters. The number of rotatable bonds is 10. The number of aliphatic imine (C=N–C) groups is 1. The molecule has 0 atom stereocenters. The first-order valence-corrected chi connectivity index (χ1v) is 11.3. The topological polar surface area (TPSA) is 60.7 Å². The Kier molecular flexibility index (Phi) is 9.18. The summed E-state index contributed by atoms with van der Waals surface area (Å²) in [5, 5.41) is 11.1. The van der Waals surface area contributed by atoms with Crippen molar-refractivity contribution in [1.29, 1.82) is 0 Å². The standard InChI is InChI=1S/C23H37N7/c1-3-24-23(25-11-7-13-30-14-8-12-27-30)26-19-21-9-5-6-10-22(21)20-29-17-15-28(4-2)16-18-29/h5-6,8-10,12,14H,3-4,7,11,13,15-20H2,1-2H3,(H2,24,25,26). The molecule has 30 heavy (non-hydrogen) atoms. The highest BCUT2D eigenvalue weighted by Gasteiger charge is 2.16. The fraction of sp³-hybridized carbons (Fsp3) is 0.565. The molecular formula is C23H37N7. The van der Waals surface area contributed by atoms with Gasteiger partial charge in [-0.1, -0.05) is 31.2 Å². The molecule has 0 spiro atoms. The molecule has 0 radical (unpaired) electrons. The van der Waals surface area contributed by atoms with Crippen molar-refractivity contribution in [2.45, 2.75) is 39.9 Å². The van der Waals surface area contributed by atoms with Crippen LogP contribution in [0.3, 0.4) is 0 Å². The second-order valence-corrected chi connectivity index (χ2v) is 7.72. The van der Waals surface area contributed by atoms with Crippen LogP contribution in [-0.4, -0.2) is 71.4 Å². The van der Waals surface area contributed by atoms with Crippen LogP contribution < -0.4 is 10.6 Å². The molecule has 0 saturated carbocycles. The van der Waals surface area contributed by atoms with Gasteiger partial charge in [-0.3, -0.25) is 9.58 Å². The average molecular weight is 412 g/mol. The van der Waals surface area contributed by atoms with Crippen LogP contribution >= 0.6 is 0 Å². The van der Waals surface area contributed by atoms with Crippen molar-refractivity contribution in [3.05, 3.63) is 53.9 Å². The Balaban J connectivity index is 1.52. The zero-order chi connectivity index (χ0) is 21.0. The fourth-order valence-corrected chi connectivity index (χ4v) is 3.76. The zero-order valence-electron chi connectivity index (χ0n) is 18.6. The first kappa shape index (κ1) is 22.3. The van der Waals surface area contributed by atoms with E-state index in [0.29, 0.717) is 6.54 Å². The van der Waals surface area contributed by atoms with E-state index in [0.717, 1.165) is 58.2 Å². The first-order valence-electron chi connectivity index (χ1n) is 11.3. The van der Waals surface area contributed by atoms with Gasteiger partial charge in [0.1, 0.15) is 0 Å². The number of nitrogens with one attached hydrogen (secondary N) is 2. The van der Waals surface area contributed by atoms with E-state index in [2.05, 4.69) is 63.6 Å². The van der Waals surface area contributed by atoms with Gasteiger partial charge in [-0.05, 0) is 37.1 Å². The number of hydrogen-bond acceptors (Lipinski definition) is 4. The molecule has 2 heterocycles. The molecule has 1 aromatic carbocycles. The lowest BCUT2D eigenvalue weighted by Crippen LogP contribution is -2.45. The van der Waals surface area contributed by atoms with Crippen molar-refractivity contribution in [2.75, 3.05) is 45.8 Å². The first-order chi connectivity index (χ1) is 14.8. The van der Waals surface area contributed by atoms with Gasteiger partial charge in [0.2, 0.25) is 0 Å². The largest absolute Gasteiger partial charge is 0.357 e. The highest BCUT2D eigenvalue weighted by molar-refractivity contribution is 5.79. The molecular weight excluding hydrogens is 374 g/mol. The predicted octanol–water partition coefficient (Wildman–Crippen LogP) is 2.17. The molecule has 0 aliphatic carbocycles. The van der Waals surface area contributed by atoms with Gasteiger partial charge in [-0.2, -0.15) is 5.10 Å². The van der Waals surface area contributed by atoms with Crippen molar-refractivity contribution in [3.8, 4) is 0 Å². The van der Waals surface area contributed by atoms with Gasteiger partial charge in [0.05, 0.1) is 6.54 Å². The van der Waals surface area contributed by atoms with E-state index in [1.165, 1.54) is 24.2 Å². The SMILES string of the molecule is CCNC(=NCc1ccccc1CN1CCN(CC)CC1)NCCCn1cccn1. The lowest BCUT2D eigenvalue weighted by molar-refractivity contribution is 0.131. The van der Waals surface area contributed by atoms with Gasteiger partial charge in [0.15, 0.2) is 5.96 Å². The molecule has 1 aliphatic heterocycles. The summed E-state index contributed by atoms with van der Waals surface area (Å²) >= 11 is 0. The Labute approximate surface area is 181 Å². The second-order valence-electron chi connectivity index (χ2n) is 7.72. The lowest BCUT2D eigenvalue weighted by Gasteiger charge is -2.34. The van der Waals surface area contributed by atoms with E-state index in [1.807, 2.05) is 23.1 Å². The summed E-state index contributed by atoms with van der Waals surface area (Å²) in [6.45, 7) is 14.5. The molecule has 1 aromatic heterocycles. The van der Waals surface area contributed by atoms with Gasteiger partial charge in [0.25, 0.3) is 0 Å². The Morgan fingerprint density at radius 1 is 1.00 bits per heavy atom. The molecule has 0 bridgehead atoms. The van der Waals surface area contributed by atoms with E-state index in [9.17, 15) is 0 Å². The maximum Gasteiger partial charge on any atom is 0.191 e. The highest BCUT2D eigenvalue weighted by atomic mass is 15.3. The normalized spacial score (nSPS) is 16.0. The van der Waals surface area contributed by atoms with Crippen LogP contribution in [0.2, 0.25) is 0 Å². The van der Waals surface area contributed by atoms with Crippen LogP contribution in [0.25, 0.3) is 0 Å². The number of piperazine rings is 1. The third-order valence-electron chi connectivity index (χ3n) is 5.59. The quantitative estimate of drug-likeness (QED) is 0.356. The second kappa shape index (κ2) is 12.3. The molecule has 7 nitrogen and oxygen atoms in total. The molecule has 1 fully saturated rings. The maximum atomic E-state index is 4.84. The van der Waals surface area contributed by atoms with E-state index < -0.39 is 0 Å².